The monoisotopic (exact) mass is 221 g/mol. The molecule has 1 amide bonds. The van der Waals surface area contributed by atoms with E-state index in [-0.39, 0.29) is 0 Å². The van der Waals surface area contributed by atoms with Crippen molar-refractivity contribution in [3.05, 3.63) is 11.6 Å². The van der Waals surface area contributed by atoms with Crippen molar-refractivity contribution in [1.29, 1.82) is 0 Å². The van der Waals surface area contributed by atoms with Gasteiger partial charge in [-0.2, -0.15) is 0 Å². The van der Waals surface area contributed by atoms with E-state index in [9.17, 15) is 4.79 Å². The number of hydrogen-bond donors (Lipinski definition) is 1. The largest absolute Gasteiger partial charge is 0.444 e. The van der Waals surface area contributed by atoms with E-state index in [1.165, 1.54) is 20.8 Å². The summed E-state index contributed by atoms with van der Waals surface area (Å²) in [6.07, 6.45) is -10.5. The van der Waals surface area contributed by atoms with E-state index in [1.807, 2.05) is 5.32 Å². The van der Waals surface area contributed by atoms with Crippen LogP contribution in [0.1, 0.15) is 60.4 Å². The van der Waals surface area contributed by atoms with Gasteiger partial charge in [0.15, 0.2) is 0 Å². The Morgan fingerprint density at radius 3 is 3.13 bits per heavy atom. The van der Waals surface area contributed by atoms with Crippen LogP contribution in [0.3, 0.4) is 0 Å². The Morgan fingerprint density at radius 2 is 2.53 bits per heavy atom. The van der Waals surface area contributed by atoms with Gasteiger partial charge in [-0.3, -0.25) is 0 Å². The SMILES string of the molecule is [2H]C1=C(C([2H])([2H])[2H])C([2H])([2H])C([2H])([2H])[C@@H](NC(=O)OC(C)(C)C)C1([2H])[2H]. The molecule has 0 spiro atoms. The second-order valence-corrected chi connectivity index (χ2v) is 3.99. The van der Waals surface area contributed by atoms with Gasteiger partial charge in [0.2, 0.25) is 0 Å². The van der Waals surface area contributed by atoms with Gasteiger partial charge in [-0.05, 0) is 46.7 Å². The maximum absolute atomic E-state index is 11.9. The highest BCUT2D eigenvalue weighted by Gasteiger charge is 2.20. The fourth-order valence-corrected chi connectivity index (χ4v) is 0.854. The van der Waals surface area contributed by atoms with Crippen LogP contribution in [0.15, 0.2) is 11.6 Å². The number of amides is 1. The van der Waals surface area contributed by atoms with Crippen LogP contribution in [0.5, 0.6) is 0 Å². The van der Waals surface area contributed by atoms with Crippen molar-refractivity contribution in [1.82, 2.24) is 5.32 Å². The summed E-state index contributed by atoms with van der Waals surface area (Å²) in [6, 6.07) is -3.38. The van der Waals surface area contributed by atoms with E-state index in [1.54, 1.807) is 0 Å². The molecule has 0 aromatic heterocycles. The van der Waals surface area contributed by atoms with Crippen molar-refractivity contribution in [2.24, 2.45) is 0 Å². The molecule has 0 aliphatic heterocycles. The minimum absolute atomic E-state index is 0.972. The molecule has 86 valence electrons. The van der Waals surface area contributed by atoms with Crippen LogP contribution in [0, 0.1) is 0 Å². The normalized spacial score (nSPS) is 43.3. The lowest BCUT2D eigenvalue weighted by Crippen LogP contribution is -2.39. The van der Waals surface area contributed by atoms with Gasteiger partial charge in [-0.1, -0.05) is 11.6 Å². The van der Waals surface area contributed by atoms with Crippen LogP contribution in [-0.2, 0) is 4.74 Å². The fraction of sp³-hybridized carbons (Fsp3) is 0.750. The molecule has 1 N–H and O–H groups in total. The van der Waals surface area contributed by atoms with Crippen LogP contribution < -0.4 is 5.32 Å². The molecule has 0 heterocycles. The molecule has 3 nitrogen and oxygen atoms in total. The summed E-state index contributed by atoms with van der Waals surface area (Å²) in [7, 11) is 0. The van der Waals surface area contributed by atoms with Crippen LogP contribution in [0.25, 0.3) is 0 Å². The van der Waals surface area contributed by atoms with Crippen molar-refractivity contribution < 1.29 is 23.2 Å². The summed E-state index contributed by atoms with van der Waals surface area (Å²) < 4.78 is 82.5. The molecule has 0 unspecified atom stereocenters. The molecule has 0 radical (unpaired) electrons. The molecule has 0 saturated heterocycles. The lowest BCUT2D eigenvalue weighted by atomic mass is 9.96. The van der Waals surface area contributed by atoms with E-state index in [0.717, 1.165) is 0 Å². The minimum Gasteiger partial charge on any atom is -0.444 e. The third-order valence-corrected chi connectivity index (χ3v) is 1.34. The number of hydrogen-bond acceptors (Lipinski definition) is 2. The third kappa shape index (κ3) is 4.86. The highest BCUT2D eigenvalue weighted by molar-refractivity contribution is 5.68. The summed E-state index contributed by atoms with van der Waals surface area (Å²) in [6.45, 7) is 1.37. The Labute approximate surface area is 106 Å². The molecule has 0 saturated carbocycles. The fourth-order valence-electron chi connectivity index (χ4n) is 0.854. The maximum atomic E-state index is 11.9. The second kappa shape index (κ2) is 4.69. The van der Waals surface area contributed by atoms with Crippen LogP contribution in [0.2, 0.25) is 0 Å². The van der Waals surface area contributed by atoms with Crippen molar-refractivity contribution in [2.75, 3.05) is 0 Å². The summed E-state index contributed by atoms with van der Waals surface area (Å²) in [4.78, 5) is 11.9. The highest BCUT2D eigenvalue weighted by Crippen LogP contribution is 2.17. The summed E-state index contributed by atoms with van der Waals surface area (Å²) in [5, 5.41) is 1.92. The quantitative estimate of drug-likeness (QED) is 0.691. The lowest BCUT2D eigenvalue weighted by molar-refractivity contribution is 0.0501. The number of carbonyl (C=O) groups is 1. The Balaban J connectivity index is 3.48. The van der Waals surface area contributed by atoms with E-state index in [0.29, 0.717) is 0 Å². The summed E-state index contributed by atoms with van der Waals surface area (Å²) in [5.74, 6) is 0. The highest BCUT2D eigenvalue weighted by atomic mass is 16.6. The first-order chi connectivity index (χ1) is 10.8. The smallest absolute Gasteiger partial charge is 0.407 e. The van der Waals surface area contributed by atoms with Crippen molar-refractivity contribution in [3.8, 4) is 0 Å². The van der Waals surface area contributed by atoms with Gasteiger partial charge in [0, 0.05) is 18.4 Å². The van der Waals surface area contributed by atoms with Gasteiger partial charge in [-0.25, -0.2) is 4.79 Å². The van der Waals surface area contributed by atoms with E-state index < -0.39 is 55.3 Å². The first kappa shape index (κ1) is 4.11. The van der Waals surface area contributed by atoms with Gasteiger partial charge in [0.25, 0.3) is 0 Å². The van der Waals surface area contributed by atoms with Gasteiger partial charge < -0.3 is 10.1 Å². The second-order valence-electron chi connectivity index (χ2n) is 3.99. The molecule has 15 heavy (non-hydrogen) atoms. The number of rotatable bonds is 1. The Hall–Kier alpha value is -0.990. The molecule has 3 heteroatoms. The van der Waals surface area contributed by atoms with Gasteiger partial charge in [0.05, 0.1) is 1.37 Å². The van der Waals surface area contributed by atoms with Gasteiger partial charge in [0.1, 0.15) is 5.60 Å². The van der Waals surface area contributed by atoms with Gasteiger partial charge in [-0.15, -0.1) is 0 Å². The van der Waals surface area contributed by atoms with Crippen LogP contribution in [-0.4, -0.2) is 17.7 Å². The molecule has 0 aromatic carbocycles. The molecule has 0 bridgehead atoms. The Morgan fingerprint density at radius 1 is 1.80 bits per heavy atom. The first-order valence-electron chi connectivity index (χ1n) is 9.48. The molecule has 1 atom stereocenters. The lowest BCUT2D eigenvalue weighted by Gasteiger charge is -2.25. The van der Waals surface area contributed by atoms with Crippen LogP contribution >= 0.6 is 0 Å². The zero-order valence-electron chi connectivity index (χ0n) is 18.9. The zero-order valence-corrected chi connectivity index (χ0v) is 8.89. The molecule has 1 aliphatic carbocycles. The number of allylic oxidation sites excluding steroid dienone is 1. The van der Waals surface area contributed by atoms with Crippen molar-refractivity contribution in [2.45, 2.75) is 58.4 Å². The van der Waals surface area contributed by atoms with Gasteiger partial charge >= 0.3 is 6.09 Å². The van der Waals surface area contributed by atoms with E-state index in [2.05, 4.69) is 0 Å². The molecule has 1 aliphatic rings. The molecule has 0 aromatic rings. The van der Waals surface area contributed by atoms with E-state index >= 15 is 0 Å². The average molecular weight is 221 g/mol. The zero-order chi connectivity index (χ0) is 20.2. The van der Waals surface area contributed by atoms with Crippen LogP contribution in [0.4, 0.5) is 4.79 Å². The summed E-state index contributed by atoms with van der Waals surface area (Å²) >= 11 is 0. The van der Waals surface area contributed by atoms with Crippen molar-refractivity contribution >= 4 is 6.09 Å². The first-order valence-corrected chi connectivity index (χ1v) is 4.48. The predicted octanol–water partition coefficient (Wildman–Crippen LogP) is 3.01. The Kier molecular flexibility index (Phi) is 1.29. The Bertz CT molecular complexity index is 588. The topological polar surface area (TPSA) is 38.3 Å². The number of ether oxygens (including phenoxy) is 1. The molecule has 0 fully saturated rings. The standard InChI is InChI=1S/C12H21NO2/c1-9-5-7-10(8-6-9)13-11(14)15-12(2,3)4/h5,10H,6-8H2,1-4H3,(H,13,14)/t10-/m0/s1/i1D3,5D,6D2,7D2,8D2. The van der Waals surface area contributed by atoms with E-state index in [4.69, 9.17) is 18.4 Å². The average Bonchev–Trinajstić information content (AvgIpc) is 2.29. The third-order valence-electron chi connectivity index (χ3n) is 1.34. The number of carbonyl (C=O) groups excluding carboxylic acids is 1. The minimum atomic E-state index is -3.21. The van der Waals surface area contributed by atoms with Crippen molar-refractivity contribution in [3.63, 3.8) is 0 Å². The maximum Gasteiger partial charge on any atom is 0.407 e. The molecule has 1 rings (SSSR count). The molecular weight excluding hydrogens is 190 g/mol. The molecular formula is C12H21NO2. The predicted molar refractivity (Wildman–Crippen MR) is 60.8 cm³/mol. The number of nitrogens with one attached hydrogen (secondary N) is 1. The number of alkyl carbamates (subject to hydrolysis) is 1. The summed E-state index contributed by atoms with van der Waals surface area (Å²) in [5.41, 5.74) is -2.22.